The van der Waals surface area contributed by atoms with E-state index in [-0.39, 0.29) is 0 Å². The number of aliphatic imine (C=N–C) groups is 1. The molecule has 1 aliphatic rings. The van der Waals surface area contributed by atoms with Crippen molar-refractivity contribution in [2.75, 3.05) is 25.0 Å². The van der Waals surface area contributed by atoms with Gasteiger partial charge in [-0.05, 0) is 42.8 Å². The summed E-state index contributed by atoms with van der Waals surface area (Å²) in [5.74, 6) is 0.895. The fourth-order valence-corrected chi connectivity index (χ4v) is 3.88. The molecule has 1 aliphatic heterocycles. The van der Waals surface area contributed by atoms with Crippen molar-refractivity contribution in [3.63, 3.8) is 0 Å². The maximum absolute atomic E-state index is 4.37. The highest BCUT2D eigenvalue weighted by molar-refractivity contribution is 7.14. The first-order chi connectivity index (χ1) is 11.7. The van der Waals surface area contributed by atoms with Crippen LogP contribution in [0, 0.1) is 6.92 Å². The molecule has 1 aromatic heterocycles. The van der Waals surface area contributed by atoms with Crippen LogP contribution < -0.4 is 15.5 Å². The van der Waals surface area contributed by atoms with Crippen LogP contribution in [-0.4, -0.2) is 32.1 Å². The number of guanidine groups is 1. The minimum absolute atomic E-state index is 0.491. The van der Waals surface area contributed by atoms with Gasteiger partial charge in [-0.25, -0.2) is 0 Å². The Balaban J connectivity index is 1.46. The van der Waals surface area contributed by atoms with Gasteiger partial charge in [0.25, 0.3) is 0 Å². The summed E-state index contributed by atoms with van der Waals surface area (Å²) in [6.07, 6.45) is 2.28. The summed E-state index contributed by atoms with van der Waals surface area (Å²) < 4.78 is 0. The van der Waals surface area contributed by atoms with Gasteiger partial charge in [0.05, 0.1) is 5.00 Å². The van der Waals surface area contributed by atoms with Gasteiger partial charge < -0.3 is 15.5 Å². The first-order valence-corrected chi connectivity index (χ1v) is 9.44. The quantitative estimate of drug-likeness (QED) is 0.661. The minimum Gasteiger partial charge on any atom is -0.363 e. The van der Waals surface area contributed by atoms with Crippen LogP contribution in [0.1, 0.15) is 24.0 Å². The number of nitrogens with one attached hydrogen (secondary N) is 2. The highest BCUT2D eigenvalue weighted by Crippen LogP contribution is 2.24. The van der Waals surface area contributed by atoms with E-state index in [1.165, 1.54) is 16.1 Å². The number of benzene rings is 1. The van der Waals surface area contributed by atoms with E-state index in [9.17, 15) is 0 Å². The summed E-state index contributed by atoms with van der Waals surface area (Å²) in [6, 6.07) is 13.4. The molecule has 0 unspecified atom stereocenters. The molecule has 2 N–H and O–H groups in total. The third kappa shape index (κ3) is 4.51. The van der Waals surface area contributed by atoms with E-state index in [1.807, 2.05) is 18.4 Å². The molecule has 0 radical (unpaired) electrons. The molecule has 1 aromatic carbocycles. The van der Waals surface area contributed by atoms with Gasteiger partial charge in [-0.15, -0.1) is 11.3 Å². The number of anilines is 1. The number of piperidine rings is 1. The molecule has 2 heterocycles. The summed E-state index contributed by atoms with van der Waals surface area (Å²) in [4.78, 5) is 6.85. The maximum Gasteiger partial charge on any atom is 0.191 e. The summed E-state index contributed by atoms with van der Waals surface area (Å²) in [5.41, 5.74) is 2.57. The van der Waals surface area contributed by atoms with Crippen molar-refractivity contribution in [1.29, 1.82) is 0 Å². The second kappa shape index (κ2) is 8.20. The Labute approximate surface area is 148 Å². The van der Waals surface area contributed by atoms with E-state index in [1.54, 1.807) is 0 Å². The Morgan fingerprint density at radius 2 is 2.08 bits per heavy atom. The second-order valence-electron chi connectivity index (χ2n) is 6.27. The lowest BCUT2D eigenvalue weighted by Gasteiger charge is -2.33. The Morgan fingerprint density at radius 3 is 2.75 bits per heavy atom. The SMILES string of the molecule is CN=C(NCc1cccc(C)c1)NC1CCN(c2cccs2)CC1. The van der Waals surface area contributed by atoms with E-state index >= 15 is 0 Å². The van der Waals surface area contributed by atoms with Gasteiger partial charge in [0.1, 0.15) is 0 Å². The first kappa shape index (κ1) is 16.8. The van der Waals surface area contributed by atoms with E-state index in [4.69, 9.17) is 0 Å². The molecule has 5 heteroatoms. The lowest BCUT2D eigenvalue weighted by atomic mass is 10.1. The van der Waals surface area contributed by atoms with Gasteiger partial charge in [0, 0.05) is 32.7 Å². The fourth-order valence-electron chi connectivity index (χ4n) is 3.09. The largest absolute Gasteiger partial charge is 0.363 e. The Kier molecular flexibility index (Phi) is 5.75. The summed E-state index contributed by atoms with van der Waals surface area (Å²) in [7, 11) is 1.84. The van der Waals surface area contributed by atoms with Crippen molar-refractivity contribution in [3.8, 4) is 0 Å². The van der Waals surface area contributed by atoms with Crippen LogP contribution in [0.25, 0.3) is 0 Å². The summed E-state index contributed by atoms with van der Waals surface area (Å²) >= 11 is 1.83. The minimum atomic E-state index is 0.491. The van der Waals surface area contributed by atoms with Gasteiger partial charge in [-0.2, -0.15) is 0 Å². The smallest absolute Gasteiger partial charge is 0.191 e. The second-order valence-corrected chi connectivity index (χ2v) is 7.20. The van der Waals surface area contributed by atoms with Crippen LogP contribution >= 0.6 is 11.3 Å². The Morgan fingerprint density at radius 1 is 1.25 bits per heavy atom. The zero-order valence-electron chi connectivity index (χ0n) is 14.5. The molecule has 1 fully saturated rings. The average molecular weight is 343 g/mol. The zero-order chi connectivity index (χ0) is 16.8. The molecule has 24 heavy (non-hydrogen) atoms. The molecule has 1 saturated heterocycles. The molecule has 0 atom stereocenters. The number of rotatable bonds is 4. The van der Waals surface area contributed by atoms with Gasteiger partial charge in [-0.3, -0.25) is 4.99 Å². The van der Waals surface area contributed by atoms with Crippen LogP contribution in [0.5, 0.6) is 0 Å². The van der Waals surface area contributed by atoms with E-state index in [0.29, 0.717) is 6.04 Å². The van der Waals surface area contributed by atoms with Gasteiger partial charge in [0.15, 0.2) is 5.96 Å². The Bertz CT molecular complexity index is 658. The molecule has 3 rings (SSSR count). The van der Waals surface area contributed by atoms with Gasteiger partial charge >= 0.3 is 0 Å². The molecule has 2 aromatic rings. The van der Waals surface area contributed by atoms with Crippen molar-refractivity contribution >= 4 is 22.3 Å². The molecule has 128 valence electrons. The molecule has 0 spiro atoms. The molecule has 0 amide bonds. The van der Waals surface area contributed by atoms with Gasteiger partial charge in [0.2, 0.25) is 0 Å². The van der Waals surface area contributed by atoms with Crippen molar-refractivity contribution in [3.05, 3.63) is 52.9 Å². The average Bonchev–Trinajstić information content (AvgIpc) is 3.14. The number of hydrogen-bond acceptors (Lipinski definition) is 3. The standard InChI is InChI=1S/C19H26N4S/c1-15-5-3-6-16(13-15)14-21-19(20-2)22-17-8-10-23(11-9-17)18-7-4-12-24-18/h3-7,12-13,17H,8-11,14H2,1-2H3,(H2,20,21,22). The zero-order valence-corrected chi connectivity index (χ0v) is 15.3. The first-order valence-electron chi connectivity index (χ1n) is 8.56. The van der Waals surface area contributed by atoms with Crippen molar-refractivity contribution in [2.45, 2.75) is 32.4 Å². The van der Waals surface area contributed by atoms with Gasteiger partial charge in [-0.1, -0.05) is 29.8 Å². The fraction of sp³-hybridized carbons (Fsp3) is 0.421. The third-order valence-electron chi connectivity index (χ3n) is 4.42. The van der Waals surface area contributed by atoms with Crippen LogP contribution in [0.4, 0.5) is 5.00 Å². The van der Waals surface area contributed by atoms with E-state index in [0.717, 1.165) is 38.4 Å². The normalized spacial score (nSPS) is 16.2. The van der Waals surface area contributed by atoms with Crippen molar-refractivity contribution < 1.29 is 0 Å². The number of thiophene rings is 1. The van der Waals surface area contributed by atoms with E-state index < -0.39 is 0 Å². The maximum atomic E-state index is 4.37. The van der Waals surface area contributed by atoms with Crippen LogP contribution in [-0.2, 0) is 6.54 Å². The van der Waals surface area contributed by atoms with E-state index in [2.05, 4.69) is 69.2 Å². The molecule has 0 bridgehead atoms. The van der Waals surface area contributed by atoms with Crippen LogP contribution in [0.3, 0.4) is 0 Å². The molecule has 0 aliphatic carbocycles. The predicted octanol–water partition coefficient (Wildman–Crippen LogP) is 3.39. The number of nitrogens with zero attached hydrogens (tertiary/aromatic N) is 2. The molecule has 0 saturated carbocycles. The number of aryl methyl sites for hydroxylation is 1. The number of hydrogen-bond donors (Lipinski definition) is 2. The van der Waals surface area contributed by atoms with Crippen LogP contribution in [0.15, 0.2) is 46.8 Å². The third-order valence-corrected chi connectivity index (χ3v) is 5.35. The van der Waals surface area contributed by atoms with Crippen LogP contribution in [0.2, 0.25) is 0 Å². The van der Waals surface area contributed by atoms with Crippen molar-refractivity contribution in [2.24, 2.45) is 4.99 Å². The molecular weight excluding hydrogens is 316 g/mol. The lowest BCUT2D eigenvalue weighted by molar-refractivity contribution is 0.463. The molecular formula is C19H26N4S. The highest BCUT2D eigenvalue weighted by Gasteiger charge is 2.20. The monoisotopic (exact) mass is 342 g/mol. The molecule has 4 nitrogen and oxygen atoms in total. The summed E-state index contributed by atoms with van der Waals surface area (Å²) in [5, 5.41) is 10.5. The summed E-state index contributed by atoms with van der Waals surface area (Å²) in [6.45, 7) is 5.13. The van der Waals surface area contributed by atoms with Crippen molar-refractivity contribution in [1.82, 2.24) is 10.6 Å². The topological polar surface area (TPSA) is 39.7 Å². The lowest BCUT2D eigenvalue weighted by Crippen LogP contribution is -2.48. The Hall–Kier alpha value is -2.01. The highest BCUT2D eigenvalue weighted by atomic mass is 32.1. The predicted molar refractivity (Wildman–Crippen MR) is 104 cm³/mol.